The SMILES string of the molecule is S=C(NCCSc1ccccc1)N[C@@H]1CCCc2ccccc21. The van der Waals surface area contributed by atoms with Crippen LogP contribution in [-0.2, 0) is 6.42 Å². The summed E-state index contributed by atoms with van der Waals surface area (Å²) >= 11 is 7.31. The lowest BCUT2D eigenvalue weighted by Gasteiger charge is -2.27. The van der Waals surface area contributed by atoms with Gasteiger partial charge in [-0.05, 0) is 54.7 Å². The van der Waals surface area contributed by atoms with Gasteiger partial charge in [0.2, 0.25) is 0 Å². The lowest BCUT2D eigenvalue weighted by Crippen LogP contribution is -2.39. The molecule has 2 N–H and O–H groups in total. The van der Waals surface area contributed by atoms with Crippen molar-refractivity contribution in [1.29, 1.82) is 0 Å². The quantitative estimate of drug-likeness (QED) is 0.480. The third kappa shape index (κ3) is 4.72. The minimum absolute atomic E-state index is 0.349. The van der Waals surface area contributed by atoms with Crippen LogP contribution in [0.2, 0.25) is 0 Å². The van der Waals surface area contributed by atoms with Gasteiger partial charge in [0, 0.05) is 17.2 Å². The maximum Gasteiger partial charge on any atom is 0.166 e. The highest BCUT2D eigenvalue weighted by Gasteiger charge is 2.19. The molecule has 0 aromatic heterocycles. The van der Waals surface area contributed by atoms with E-state index in [0.29, 0.717) is 6.04 Å². The first-order chi connectivity index (χ1) is 11.3. The van der Waals surface area contributed by atoms with Gasteiger partial charge in [0.25, 0.3) is 0 Å². The molecule has 120 valence electrons. The number of thioether (sulfide) groups is 1. The van der Waals surface area contributed by atoms with Crippen LogP contribution in [0, 0.1) is 0 Å². The average molecular weight is 343 g/mol. The molecule has 0 amide bonds. The minimum atomic E-state index is 0.349. The molecule has 0 spiro atoms. The van der Waals surface area contributed by atoms with E-state index in [4.69, 9.17) is 12.2 Å². The van der Waals surface area contributed by atoms with Gasteiger partial charge in [-0.25, -0.2) is 0 Å². The molecular weight excluding hydrogens is 320 g/mol. The van der Waals surface area contributed by atoms with Gasteiger partial charge in [-0.15, -0.1) is 11.8 Å². The molecule has 0 radical (unpaired) electrons. The molecular formula is C19H22N2S2. The van der Waals surface area contributed by atoms with Crippen LogP contribution in [0.3, 0.4) is 0 Å². The second-order valence-corrected chi connectivity index (χ2v) is 7.28. The zero-order chi connectivity index (χ0) is 15.9. The van der Waals surface area contributed by atoms with Crippen LogP contribution in [-0.4, -0.2) is 17.4 Å². The largest absolute Gasteiger partial charge is 0.362 e. The molecule has 0 unspecified atom stereocenters. The Kier molecular flexibility index (Phi) is 5.94. The lowest BCUT2D eigenvalue weighted by atomic mass is 9.88. The van der Waals surface area contributed by atoms with Crippen molar-refractivity contribution in [2.24, 2.45) is 0 Å². The molecule has 2 aromatic rings. The summed E-state index contributed by atoms with van der Waals surface area (Å²) in [4.78, 5) is 1.30. The predicted molar refractivity (Wildman–Crippen MR) is 103 cm³/mol. The second kappa shape index (κ2) is 8.37. The zero-order valence-corrected chi connectivity index (χ0v) is 14.8. The predicted octanol–water partition coefficient (Wildman–Crippen LogP) is 4.32. The van der Waals surface area contributed by atoms with Gasteiger partial charge in [0.1, 0.15) is 0 Å². The summed E-state index contributed by atoms with van der Waals surface area (Å²) < 4.78 is 0. The molecule has 2 nitrogen and oxygen atoms in total. The lowest BCUT2D eigenvalue weighted by molar-refractivity contribution is 0.524. The number of aryl methyl sites for hydroxylation is 1. The van der Waals surface area contributed by atoms with Crippen LogP contribution in [0.1, 0.15) is 30.0 Å². The van der Waals surface area contributed by atoms with Crippen molar-refractivity contribution in [2.45, 2.75) is 30.2 Å². The number of fused-ring (bicyclic) bond motifs is 1. The highest BCUT2D eigenvalue weighted by Crippen LogP contribution is 2.29. The average Bonchev–Trinajstić information content (AvgIpc) is 2.60. The van der Waals surface area contributed by atoms with Crippen molar-refractivity contribution < 1.29 is 0 Å². The van der Waals surface area contributed by atoms with E-state index in [1.165, 1.54) is 28.9 Å². The Balaban J connectivity index is 1.43. The molecule has 0 saturated carbocycles. The molecule has 2 aromatic carbocycles. The molecule has 4 heteroatoms. The van der Waals surface area contributed by atoms with Crippen molar-refractivity contribution in [3.8, 4) is 0 Å². The van der Waals surface area contributed by atoms with Crippen LogP contribution in [0.25, 0.3) is 0 Å². The van der Waals surface area contributed by atoms with Gasteiger partial charge < -0.3 is 10.6 Å². The molecule has 3 rings (SSSR count). The molecule has 0 aliphatic heterocycles. The van der Waals surface area contributed by atoms with Crippen molar-refractivity contribution in [1.82, 2.24) is 10.6 Å². The smallest absolute Gasteiger partial charge is 0.166 e. The number of thiocarbonyl (C=S) groups is 1. The van der Waals surface area contributed by atoms with E-state index in [2.05, 4.69) is 59.2 Å². The Morgan fingerprint density at radius 2 is 1.87 bits per heavy atom. The van der Waals surface area contributed by atoms with Crippen LogP contribution >= 0.6 is 24.0 Å². The molecule has 0 fully saturated rings. The number of nitrogens with one attached hydrogen (secondary N) is 2. The number of hydrogen-bond donors (Lipinski definition) is 2. The fourth-order valence-corrected chi connectivity index (χ4v) is 4.00. The van der Waals surface area contributed by atoms with E-state index in [-0.39, 0.29) is 0 Å². The van der Waals surface area contributed by atoms with Crippen molar-refractivity contribution >= 4 is 29.1 Å². The monoisotopic (exact) mass is 342 g/mol. The van der Waals surface area contributed by atoms with Gasteiger partial charge in [-0.3, -0.25) is 0 Å². The van der Waals surface area contributed by atoms with Crippen molar-refractivity contribution in [2.75, 3.05) is 12.3 Å². The van der Waals surface area contributed by atoms with Crippen LogP contribution in [0.15, 0.2) is 59.5 Å². The van der Waals surface area contributed by atoms with Crippen LogP contribution in [0.4, 0.5) is 0 Å². The summed E-state index contributed by atoms with van der Waals surface area (Å²) in [5.41, 5.74) is 2.86. The highest BCUT2D eigenvalue weighted by atomic mass is 32.2. The topological polar surface area (TPSA) is 24.1 Å². The Morgan fingerprint density at radius 3 is 2.74 bits per heavy atom. The van der Waals surface area contributed by atoms with Gasteiger partial charge in [0.15, 0.2) is 5.11 Å². The molecule has 23 heavy (non-hydrogen) atoms. The Morgan fingerprint density at radius 1 is 1.09 bits per heavy atom. The van der Waals surface area contributed by atoms with E-state index in [9.17, 15) is 0 Å². The normalized spacial score (nSPS) is 16.4. The summed E-state index contributed by atoms with van der Waals surface area (Å²) in [5, 5.41) is 7.58. The Bertz CT molecular complexity index is 643. The third-order valence-electron chi connectivity index (χ3n) is 4.07. The first-order valence-corrected chi connectivity index (χ1v) is 9.52. The highest BCUT2D eigenvalue weighted by molar-refractivity contribution is 7.99. The summed E-state index contributed by atoms with van der Waals surface area (Å²) in [6.07, 6.45) is 3.56. The van der Waals surface area contributed by atoms with Gasteiger partial charge >= 0.3 is 0 Å². The minimum Gasteiger partial charge on any atom is -0.362 e. The van der Waals surface area contributed by atoms with Crippen molar-refractivity contribution in [3.05, 3.63) is 65.7 Å². The molecule has 0 heterocycles. The maximum absolute atomic E-state index is 5.46. The molecule has 1 aliphatic rings. The number of rotatable bonds is 5. The zero-order valence-electron chi connectivity index (χ0n) is 13.1. The Hall–Kier alpha value is -1.52. The standard InChI is InChI=1S/C19H22N2S2/c22-19(20-13-14-23-16-9-2-1-3-10-16)21-18-12-6-8-15-7-4-5-11-17(15)18/h1-5,7,9-11,18H,6,8,12-14H2,(H2,20,21,22)/t18-/m1/s1. The molecule has 1 aliphatic carbocycles. The van der Waals surface area contributed by atoms with Gasteiger partial charge in [0.05, 0.1) is 6.04 Å². The van der Waals surface area contributed by atoms with Crippen molar-refractivity contribution in [3.63, 3.8) is 0 Å². The maximum atomic E-state index is 5.46. The second-order valence-electron chi connectivity index (χ2n) is 5.71. The third-order valence-corrected chi connectivity index (χ3v) is 5.35. The van der Waals surface area contributed by atoms with E-state index < -0.39 is 0 Å². The Labute approximate surface area is 148 Å². The van der Waals surface area contributed by atoms with Crippen LogP contribution in [0.5, 0.6) is 0 Å². The van der Waals surface area contributed by atoms with E-state index in [0.717, 1.165) is 23.8 Å². The van der Waals surface area contributed by atoms with Crippen LogP contribution < -0.4 is 10.6 Å². The first-order valence-electron chi connectivity index (χ1n) is 8.13. The summed E-state index contributed by atoms with van der Waals surface area (Å²) in [7, 11) is 0. The summed E-state index contributed by atoms with van der Waals surface area (Å²) in [6.45, 7) is 0.875. The first kappa shape index (κ1) is 16.3. The summed E-state index contributed by atoms with van der Waals surface area (Å²) in [6, 6.07) is 19.5. The molecule has 0 saturated heterocycles. The molecule has 0 bridgehead atoms. The molecule has 1 atom stereocenters. The number of hydrogen-bond acceptors (Lipinski definition) is 2. The van der Waals surface area contributed by atoms with Gasteiger partial charge in [-0.1, -0.05) is 42.5 Å². The fourth-order valence-electron chi connectivity index (χ4n) is 2.96. The van der Waals surface area contributed by atoms with E-state index in [1.807, 2.05) is 17.8 Å². The van der Waals surface area contributed by atoms with Gasteiger partial charge in [-0.2, -0.15) is 0 Å². The van der Waals surface area contributed by atoms with E-state index in [1.54, 1.807) is 0 Å². The fraction of sp³-hybridized carbons (Fsp3) is 0.316. The number of benzene rings is 2. The summed E-state index contributed by atoms with van der Waals surface area (Å²) in [5.74, 6) is 1.01. The van der Waals surface area contributed by atoms with E-state index >= 15 is 0 Å².